The summed E-state index contributed by atoms with van der Waals surface area (Å²) < 4.78 is 0. The summed E-state index contributed by atoms with van der Waals surface area (Å²) in [6, 6.07) is 17.9. The number of amides is 1. The largest absolute Gasteiger partial charge is 0.356 e. The lowest BCUT2D eigenvalue weighted by molar-refractivity contribution is -0.118. The Labute approximate surface area is 150 Å². The van der Waals surface area contributed by atoms with Gasteiger partial charge in [0.1, 0.15) is 0 Å². The van der Waals surface area contributed by atoms with Crippen LogP contribution in [0.1, 0.15) is 27.7 Å². The molecule has 0 bridgehead atoms. The van der Waals surface area contributed by atoms with Crippen LogP contribution in [0, 0.1) is 17.3 Å². The third-order valence-corrected chi connectivity index (χ3v) is 4.92. The molecule has 2 unspecified atom stereocenters. The third kappa shape index (κ3) is 3.93. The molecule has 3 rings (SSSR count). The Hall–Kier alpha value is -2.55. The molecular weight excluding hydrogens is 308 g/mol. The summed E-state index contributed by atoms with van der Waals surface area (Å²) in [7, 11) is 0. The Morgan fingerprint density at radius 3 is 2.08 bits per heavy atom. The van der Waals surface area contributed by atoms with E-state index in [1.165, 1.54) is 5.57 Å². The van der Waals surface area contributed by atoms with E-state index in [-0.39, 0.29) is 17.2 Å². The lowest BCUT2D eigenvalue weighted by Crippen LogP contribution is -2.16. The van der Waals surface area contributed by atoms with Gasteiger partial charge >= 0.3 is 0 Å². The molecule has 1 aliphatic rings. The Kier molecular flexibility index (Phi) is 4.67. The summed E-state index contributed by atoms with van der Waals surface area (Å²) in [4.78, 5) is 12.6. The van der Waals surface area contributed by atoms with Gasteiger partial charge in [-0.3, -0.25) is 4.79 Å². The summed E-state index contributed by atoms with van der Waals surface area (Å²) in [6.07, 6.45) is 2.22. The van der Waals surface area contributed by atoms with E-state index in [4.69, 9.17) is 0 Å². The number of nitrogens with one attached hydrogen (secondary N) is 2. The van der Waals surface area contributed by atoms with Gasteiger partial charge in [-0.2, -0.15) is 0 Å². The van der Waals surface area contributed by atoms with Crippen molar-refractivity contribution in [1.29, 1.82) is 0 Å². The molecule has 2 atom stereocenters. The molecule has 2 N–H and O–H groups in total. The molecule has 130 valence electrons. The van der Waals surface area contributed by atoms with Gasteiger partial charge in [-0.25, -0.2) is 0 Å². The van der Waals surface area contributed by atoms with Crippen LogP contribution in [0.2, 0.25) is 0 Å². The van der Waals surface area contributed by atoms with Crippen molar-refractivity contribution in [2.24, 2.45) is 17.3 Å². The number of carbonyl (C=O) groups excluding carboxylic acids is 1. The molecule has 1 saturated carbocycles. The van der Waals surface area contributed by atoms with E-state index < -0.39 is 0 Å². The number of carbonyl (C=O) groups is 1. The van der Waals surface area contributed by atoms with Crippen LogP contribution >= 0.6 is 0 Å². The molecule has 0 aromatic heterocycles. The van der Waals surface area contributed by atoms with Crippen molar-refractivity contribution in [3.05, 3.63) is 66.2 Å². The maximum Gasteiger partial charge on any atom is 0.228 e. The van der Waals surface area contributed by atoms with Gasteiger partial charge in [0.05, 0.1) is 5.92 Å². The highest BCUT2D eigenvalue weighted by atomic mass is 16.2. The van der Waals surface area contributed by atoms with Gasteiger partial charge in [-0.15, -0.1) is 0 Å². The fourth-order valence-corrected chi connectivity index (χ4v) is 3.39. The molecular formula is C22H26N2O. The quantitative estimate of drug-likeness (QED) is 0.698. The minimum atomic E-state index is 0.0379. The van der Waals surface area contributed by atoms with Crippen LogP contribution in [0.25, 0.3) is 0 Å². The Bertz CT molecular complexity index is 771. The van der Waals surface area contributed by atoms with Crippen LogP contribution in [-0.2, 0) is 4.79 Å². The maximum absolute atomic E-state index is 12.6. The first-order chi connectivity index (χ1) is 11.9. The molecule has 1 fully saturated rings. The van der Waals surface area contributed by atoms with E-state index in [0.717, 1.165) is 17.1 Å². The van der Waals surface area contributed by atoms with Crippen LogP contribution < -0.4 is 10.6 Å². The molecule has 0 aliphatic heterocycles. The molecule has 3 nitrogen and oxygen atoms in total. The molecule has 3 heteroatoms. The van der Waals surface area contributed by atoms with Crippen molar-refractivity contribution in [3.8, 4) is 0 Å². The standard InChI is InChI=1S/C22H26N2O/c1-15(2)14-19-20(22(19,3)4)21(25)24-18-12-10-17(11-13-18)23-16-8-6-5-7-9-16/h5-14,19-20,23H,1-4H3,(H,24,25). The first kappa shape index (κ1) is 17.3. The van der Waals surface area contributed by atoms with Crippen molar-refractivity contribution in [3.63, 3.8) is 0 Å². The number of allylic oxidation sites excluding steroid dienone is 2. The second-order valence-electron chi connectivity index (χ2n) is 7.63. The summed E-state index contributed by atoms with van der Waals surface area (Å²) >= 11 is 0. The van der Waals surface area contributed by atoms with E-state index in [9.17, 15) is 4.79 Å². The molecule has 2 aromatic carbocycles. The second kappa shape index (κ2) is 6.75. The minimum Gasteiger partial charge on any atom is -0.356 e. The van der Waals surface area contributed by atoms with E-state index in [1.54, 1.807) is 0 Å². The molecule has 25 heavy (non-hydrogen) atoms. The SMILES string of the molecule is CC(C)=CC1C(C(=O)Nc2ccc(Nc3ccccc3)cc2)C1(C)C. The highest BCUT2D eigenvalue weighted by Crippen LogP contribution is 2.59. The average molecular weight is 334 g/mol. The fourth-order valence-electron chi connectivity index (χ4n) is 3.39. The predicted octanol–water partition coefficient (Wildman–Crippen LogP) is 5.61. The van der Waals surface area contributed by atoms with Crippen LogP contribution in [0.15, 0.2) is 66.2 Å². The summed E-state index contributed by atoms with van der Waals surface area (Å²) in [6.45, 7) is 8.49. The number of benzene rings is 2. The van der Waals surface area contributed by atoms with E-state index in [1.807, 2.05) is 54.6 Å². The summed E-state index contributed by atoms with van der Waals surface area (Å²) in [5, 5.41) is 6.40. The molecule has 2 aromatic rings. The van der Waals surface area contributed by atoms with Gasteiger partial charge < -0.3 is 10.6 Å². The monoisotopic (exact) mass is 334 g/mol. The lowest BCUT2D eigenvalue weighted by Gasteiger charge is -2.09. The highest BCUT2D eigenvalue weighted by Gasteiger charge is 2.60. The van der Waals surface area contributed by atoms with E-state index in [2.05, 4.69) is 44.4 Å². The molecule has 0 spiro atoms. The Balaban J connectivity index is 1.62. The van der Waals surface area contributed by atoms with Crippen molar-refractivity contribution < 1.29 is 4.79 Å². The maximum atomic E-state index is 12.6. The average Bonchev–Trinajstić information content (AvgIpc) is 3.10. The van der Waals surface area contributed by atoms with Gasteiger partial charge in [-0.05, 0) is 61.6 Å². The van der Waals surface area contributed by atoms with E-state index >= 15 is 0 Å². The molecule has 1 aliphatic carbocycles. The zero-order valence-corrected chi connectivity index (χ0v) is 15.3. The molecule has 0 heterocycles. The van der Waals surface area contributed by atoms with Crippen LogP contribution in [-0.4, -0.2) is 5.91 Å². The number of rotatable bonds is 5. The fraction of sp³-hybridized carbons (Fsp3) is 0.318. The van der Waals surface area contributed by atoms with Gasteiger partial charge in [0.15, 0.2) is 0 Å². The lowest BCUT2D eigenvalue weighted by atomic mass is 10.1. The van der Waals surface area contributed by atoms with Crippen LogP contribution in [0.4, 0.5) is 17.1 Å². The molecule has 0 saturated heterocycles. The van der Waals surface area contributed by atoms with Crippen LogP contribution in [0.5, 0.6) is 0 Å². The van der Waals surface area contributed by atoms with Gasteiger partial charge in [0.2, 0.25) is 5.91 Å². The van der Waals surface area contributed by atoms with Gasteiger partial charge in [0, 0.05) is 17.1 Å². The Morgan fingerprint density at radius 1 is 0.920 bits per heavy atom. The topological polar surface area (TPSA) is 41.1 Å². The zero-order chi connectivity index (χ0) is 18.0. The first-order valence-corrected chi connectivity index (χ1v) is 8.76. The van der Waals surface area contributed by atoms with Crippen molar-refractivity contribution in [2.45, 2.75) is 27.7 Å². The number of hydrogen-bond donors (Lipinski definition) is 2. The molecule has 0 radical (unpaired) electrons. The number of para-hydroxylation sites is 1. The summed E-state index contributed by atoms with van der Waals surface area (Å²) in [5.74, 6) is 0.484. The van der Waals surface area contributed by atoms with Crippen molar-refractivity contribution >= 4 is 23.0 Å². The van der Waals surface area contributed by atoms with E-state index in [0.29, 0.717) is 5.92 Å². The predicted molar refractivity (Wildman–Crippen MR) is 105 cm³/mol. The smallest absolute Gasteiger partial charge is 0.228 e. The third-order valence-electron chi connectivity index (χ3n) is 4.92. The van der Waals surface area contributed by atoms with Crippen LogP contribution in [0.3, 0.4) is 0 Å². The number of hydrogen-bond acceptors (Lipinski definition) is 2. The molecule has 1 amide bonds. The van der Waals surface area contributed by atoms with Crippen molar-refractivity contribution in [2.75, 3.05) is 10.6 Å². The first-order valence-electron chi connectivity index (χ1n) is 8.76. The van der Waals surface area contributed by atoms with Gasteiger partial charge in [0.25, 0.3) is 0 Å². The highest BCUT2D eigenvalue weighted by molar-refractivity contribution is 5.96. The number of anilines is 3. The minimum absolute atomic E-state index is 0.0379. The van der Waals surface area contributed by atoms with Gasteiger partial charge in [-0.1, -0.05) is 43.7 Å². The van der Waals surface area contributed by atoms with Crippen molar-refractivity contribution in [1.82, 2.24) is 0 Å². The Morgan fingerprint density at radius 2 is 1.48 bits per heavy atom. The summed E-state index contributed by atoms with van der Waals surface area (Å²) in [5.41, 5.74) is 4.19. The second-order valence-corrected chi connectivity index (χ2v) is 7.63. The normalized spacial score (nSPS) is 20.5. The zero-order valence-electron chi connectivity index (χ0n) is 15.3.